The monoisotopic (exact) mass is 256 g/mol. The molecule has 0 bridgehead atoms. The van der Waals surface area contributed by atoms with Gasteiger partial charge in [-0.05, 0) is 46.5 Å². The van der Waals surface area contributed by atoms with E-state index in [-0.39, 0.29) is 41.9 Å². The molecule has 0 aromatic heterocycles. The Morgan fingerprint density at radius 3 is 1.94 bits per heavy atom. The van der Waals surface area contributed by atoms with Crippen LogP contribution < -0.4 is 0 Å². The van der Waals surface area contributed by atoms with Gasteiger partial charge in [0.25, 0.3) is 0 Å². The minimum absolute atomic E-state index is 0.102. The first-order valence-electron chi connectivity index (χ1n) is 6.72. The lowest BCUT2D eigenvalue weighted by molar-refractivity contribution is -0.154. The van der Waals surface area contributed by atoms with Gasteiger partial charge < -0.3 is 9.47 Å². The molecule has 0 amide bonds. The first kappa shape index (κ1) is 15.0. The summed E-state index contributed by atoms with van der Waals surface area (Å²) >= 11 is 0. The summed E-state index contributed by atoms with van der Waals surface area (Å²) in [5.41, 5.74) is 0. The Bertz CT molecular complexity index is 309. The molecule has 0 aromatic rings. The van der Waals surface area contributed by atoms with E-state index in [1.807, 2.05) is 34.6 Å². The van der Waals surface area contributed by atoms with Crippen LogP contribution in [-0.2, 0) is 19.1 Å². The van der Waals surface area contributed by atoms with Gasteiger partial charge >= 0.3 is 11.9 Å². The third-order valence-corrected chi connectivity index (χ3v) is 3.22. The second-order valence-electron chi connectivity index (χ2n) is 5.72. The molecule has 1 saturated carbocycles. The van der Waals surface area contributed by atoms with E-state index in [0.717, 1.165) is 0 Å². The van der Waals surface area contributed by atoms with Crippen LogP contribution in [0.1, 0.15) is 47.5 Å². The highest BCUT2D eigenvalue weighted by atomic mass is 16.5. The molecule has 0 saturated heterocycles. The highest BCUT2D eigenvalue weighted by Gasteiger charge is 2.41. The van der Waals surface area contributed by atoms with Crippen molar-refractivity contribution < 1.29 is 19.1 Å². The molecule has 0 N–H and O–H groups in total. The molecule has 0 heterocycles. The summed E-state index contributed by atoms with van der Waals surface area (Å²) in [5, 5.41) is 0. The lowest BCUT2D eigenvalue weighted by Crippen LogP contribution is -2.23. The van der Waals surface area contributed by atoms with Crippen molar-refractivity contribution in [3.63, 3.8) is 0 Å². The van der Waals surface area contributed by atoms with Crippen molar-refractivity contribution in [2.24, 2.45) is 17.8 Å². The van der Waals surface area contributed by atoms with E-state index in [0.29, 0.717) is 12.8 Å². The number of hydrogen-bond acceptors (Lipinski definition) is 4. The van der Waals surface area contributed by atoms with Gasteiger partial charge in [0.1, 0.15) is 0 Å². The van der Waals surface area contributed by atoms with Crippen LogP contribution in [0.15, 0.2) is 0 Å². The van der Waals surface area contributed by atoms with Crippen molar-refractivity contribution in [3.05, 3.63) is 0 Å². The maximum Gasteiger partial charge on any atom is 0.309 e. The smallest absolute Gasteiger partial charge is 0.309 e. The molecular formula is C14H24O4. The summed E-state index contributed by atoms with van der Waals surface area (Å²) in [5.74, 6) is -0.515. The first-order valence-corrected chi connectivity index (χ1v) is 6.72. The number of hydrogen-bond donors (Lipinski definition) is 0. The molecule has 3 unspecified atom stereocenters. The SMILES string of the molecule is CC(C)OC(=O)C1CC(C)C(C(=O)OC(C)C)C1. The average Bonchev–Trinajstić information content (AvgIpc) is 2.58. The largest absolute Gasteiger partial charge is 0.463 e. The Morgan fingerprint density at radius 2 is 1.44 bits per heavy atom. The fraction of sp³-hybridized carbons (Fsp3) is 0.857. The summed E-state index contributed by atoms with van der Waals surface area (Å²) in [7, 11) is 0. The van der Waals surface area contributed by atoms with E-state index in [4.69, 9.17) is 9.47 Å². The van der Waals surface area contributed by atoms with Gasteiger partial charge in [-0.25, -0.2) is 0 Å². The summed E-state index contributed by atoms with van der Waals surface area (Å²) in [6.07, 6.45) is 1.06. The first-order chi connectivity index (χ1) is 8.31. The fourth-order valence-corrected chi connectivity index (χ4v) is 2.42. The topological polar surface area (TPSA) is 52.6 Å². The van der Waals surface area contributed by atoms with Gasteiger partial charge in [-0.15, -0.1) is 0 Å². The normalized spacial score (nSPS) is 27.6. The van der Waals surface area contributed by atoms with Crippen LogP contribution in [0.2, 0.25) is 0 Å². The van der Waals surface area contributed by atoms with Crippen molar-refractivity contribution in [2.75, 3.05) is 0 Å². The van der Waals surface area contributed by atoms with Crippen LogP contribution in [0.25, 0.3) is 0 Å². The third-order valence-electron chi connectivity index (χ3n) is 3.22. The summed E-state index contributed by atoms with van der Waals surface area (Å²) < 4.78 is 10.4. The highest BCUT2D eigenvalue weighted by Crippen LogP contribution is 2.37. The molecule has 104 valence electrons. The van der Waals surface area contributed by atoms with Crippen molar-refractivity contribution >= 4 is 11.9 Å². The standard InChI is InChI=1S/C14H24O4/c1-8(2)17-13(15)11-6-10(5)12(7-11)14(16)18-9(3)4/h8-12H,6-7H2,1-5H3. The lowest BCUT2D eigenvalue weighted by atomic mass is 9.98. The van der Waals surface area contributed by atoms with E-state index in [2.05, 4.69) is 0 Å². The number of esters is 2. The fourth-order valence-electron chi connectivity index (χ4n) is 2.42. The molecule has 0 aliphatic heterocycles. The Hall–Kier alpha value is -1.06. The van der Waals surface area contributed by atoms with Crippen LogP contribution in [0.3, 0.4) is 0 Å². The van der Waals surface area contributed by atoms with Gasteiger partial charge in [0.2, 0.25) is 0 Å². The lowest BCUT2D eigenvalue weighted by Gasteiger charge is -2.16. The summed E-state index contributed by atoms with van der Waals surface area (Å²) in [4.78, 5) is 23.7. The van der Waals surface area contributed by atoms with Crippen LogP contribution >= 0.6 is 0 Å². The van der Waals surface area contributed by atoms with Gasteiger partial charge in [0, 0.05) is 0 Å². The number of carbonyl (C=O) groups is 2. The van der Waals surface area contributed by atoms with E-state index >= 15 is 0 Å². The molecule has 18 heavy (non-hydrogen) atoms. The predicted octanol–water partition coefficient (Wildman–Crippen LogP) is 2.55. The quantitative estimate of drug-likeness (QED) is 0.725. The Balaban J connectivity index is 2.55. The van der Waals surface area contributed by atoms with E-state index in [9.17, 15) is 9.59 Å². The summed E-state index contributed by atoms with van der Waals surface area (Å²) in [6, 6.07) is 0. The maximum atomic E-state index is 11.9. The minimum Gasteiger partial charge on any atom is -0.463 e. The summed E-state index contributed by atoms with van der Waals surface area (Å²) in [6.45, 7) is 9.33. The van der Waals surface area contributed by atoms with Crippen molar-refractivity contribution in [1.29, 1.82) is 0 Å². The zero-order chi connectivity index (χ0) is 13.9. The number of rotatable bonds is 4. The second-order valence-corrected chi connectivity index (χ2v) is 5.72. The second kappa shape index (κ2) is 6.21. The highest BCUT2D eigenvalue weighted by molar-refractivity contribution is 5.78. The molecule has 4 nitrogen and oxygen atoms in total. The molecule has 1 rings (SSSR count). The zero-order valence-electron chi connectivity index (χ0n) is 11.9. The Labute approximate surface area is 109 Å². The van der Waals surface area contributed by atoms with Crippen LogP contribution in [0.5, 0.6) is 0 Å². The molecule has 1 aliphatic rings. The molecule has 0 aromatic carbocycles. The number of ether oxygens (including phenoxy) is 2. The molecule has 0 radical (unpaired) electrons. The molecule has 0 spiro atoms. The maximum absolute atomic E-state index is 11.9. The molecular weight excluding hydrogens is 232 g/mol. The van der Waals surface area contributed by atoms with Gasteiger partial charge in [-0.2, -0.15) is 0 Å². The van der Waals surface area contributed by atoms with E-state index in [1.165, 1.54) is 0 Å². The van der Waals surface area contributed by atoms with E-state index < -0.39 is 0 Å². The van der Waals surface area contributed by atoms with Crippen molar-refractivity contribution in [2.45, 2.75) is 59.7 Å². The van der Waals surface area contributed by atoms with Crippen LogP contribution in [0, 0.1) is 17.8 Å². The third kappa shape index (κ3) is 4.00. The van der Waals surface area contributed by atoms with Gasteiger partial charge in [-0.3, -0.25) is 9.59 Å². The molecule has 3 atom stereocenters. The predicted molar refractivity (Wildman–Crippen MR) is 67.8 cm³/mol. The zero-order valence-corrected chi connectivity index (χ0v) is 11.9. The van der Waals surface area contributed by atoms with Gasteiger partial charge in [0.15, 0.2) is 0 Å². The van der Waals surface area contributed by atoms with Crippen molar-refractivity contribution in [1.82, 2.24) is 0 Å². The average molecular weight is 256 g/mol. The van der Waals surface area contributed by atoms with E-state index in [1.54, 1.807) is 0 Å². The Kier molecular flexibility index (Phi) is 5.17. The van der Waals surface area contributed by atoms with Crippen LogP contribution in [-0.4, -0.2) is 24.1 Å². The minimum atomic E-state index is -0.184. The Morgan fingerprint density at radius 1 is 0.944 bits per heavy atom. The molecule has 4 heteroatoms. The van der Waals surface area contributed by atoms with Gasteiger partial charge in [-0.1, -0.05) is 6.92 Å². The van der Waals surface area contributed by atoms with Gasteiger partial charge in [0.05, 0.1) is 24.0 Å². The number of carbonyl (C=O) groups excluding carboxylic acids is 2. The molecule has 1 fully saturated rings. The molecule has 1 aliphatic carbocycles. The van der Waals surface area contributed by atoms with Crippen LogP contribution in [0.4, 0.5) is 0 Å². The van der Waals surface area contributed by atoms with Crippen molar-refractivity contribution in [3.8, 4) is 0 Å².